The second-order valence-electron chi connectivity index (χ2n) is 10.4. The van der Waals surface area contributed by atoms with E-state index in [2.05, 4.69) is 4.99 Å². The van der Waals surface area contributed by atoms with Crippen LogP contribution in [0.2, 0.25) is 0 Å². The molecule has 0 atom stereocenters. The Hall–Kier alpha value is -2.83. The summed E-state index contributed by atoms with van der Waals surface area (Å²) in [4.78, 5) is 18.5. The van der Waals surface area contributed by atoms with Crippen LogP contribution in [0.5, 0.6) is 5.75 Å². The molecule has 3 N–H and O–H groups in total. The Bertz CT molecular complexity index is 1150. The van der Waals surface area contributed by atoms with E-state index in [0.29, 0.717) is 17.8 Å². The molecule has 0 fully saturated rings. The fourth-order valence-corrected chi connectivity index (χ4v) is 4.30. The molecule has 0 radical (unpaired) electrons. The number of para-hydroxylation sites is 1. The van der Waals surface area contributed by atoms with Gasteiger partial charge in [-0.2, -0.15) is 0 Å². The van der Waals surface area contributed by atoms with Gasteiger partial charge in [0.25, 0.3) is 0 Å². The predicted octanol–water partition coefficient (Wildman–Crippen LogP) is 6.91. The number of phenols is 1. The van der Waals surface area contributed by atoms with Gasteiger partial charge in [0.05, 0.1) is 22.7 Å². The van der Waals surface area contributed by atoms with Gasteiger partial charge in [0.2, 0.25) is 0 Å². The molecule has 5 nitrogen and oxygen atoms in total. The summed E-state index contributed by atoms with van der Waals surface area (Å²) in [7, 11) is 0. The van der Waals surface area contributed by atoms with Crippen molar-refractivity contribution in [2.45, 2.75) is 58.8 Å². The number of benzene rings is 2. The molecule has 0 saturated carbocycles. The van der Waals surface area contributed by atoms with Gasteiger partial charge >= 0.3 is 5.97 Å². The summed E-state index contributed by atoms with van der Waals surface area (Å²) in [6, 6.07) is 15.1. The van der Waals surface area contributed by atoms with Crippen LogP contribution < -0.4 is 5.73 Å². The maximum atomic E-state index is 13.0. The number of ether oxygens (including phenoxy) is 1. The van der Waals surface area contributed by atoms with Crippen molar-refractivity contribution in [2.75, 3.05) is 6.61 Å². The predicted molar refractivity (Wildman–Crippen MR) is 148 cm³/mol. The maximum Gasteiger partial charge on any atom is 0.338 e. The second-order valence-corrected chi connectivity index (χ2v) is 11.4. The molecule has 7 heteroatoms. The van der Waals surface area contributed by atoms with Crippen LogP contribution in [0.4, 0.5) is 5.69 Å². The van der Waals surface area contributed by atoms with Crippen molar-refractivity contribution < 1.29 is 14.6 Å². The number of aromatic hydroxyl groups is 1. The molecule has 2 aromatic carbocycles. The van der Waals surface area contributed by atoms with Gasteiger partial charge < -0.3 is 15.6 Å². The van der Waals surface area contributed by atoms with E-state index >= 15 is 0 Å². The summed E-state index contributed by atoms with van der Waals surface area (Å²) in [5.41, 5.74) is 9.14. The molecule has 1 heterocycles. The fourth-order valence-electron chi connectivity index (χ4n) is 3.67. The van der Waals surface area contributed by atoms with E-state index in [1.54, 1.807) is 12.1 Å². The van der Waals surface area contributed by atoms with Crippen LogP contribution in [0.1, 0.15) is 73.5 Å². The van der Waals surface area contributed by atoms with Crippen molar-refractivity contribution in [1.82, 2.24) is 0 Å². The lowest BCUT2D eigenvalue weighted by Gasteiger charge is -2.28. The molecule has 3 aromatic rings. The lowest BCUT2D eigenvalue weighted by Crippen LogP contribution is -2.19. The Morgan fingerprint density at radius 1 is 1.00 bits per heavy atom. The van der Waals surface area contributed by atoms with E-state index in [-0.39, 0.29) is 35.6 Å². The first-order valence-electron chi connectivity index (χ1n) is 11.4. The standard InChI is InChI=1S/C28H34N2O3S.ClH/c1-27(2,3)20-16-19(17-21(24(20)31)28(4,5)6)26(32)33-14-13-18-10-7-8-11-22(18)30-25(29)23-12-9-15-34-23;/h7-12,15-17,31H,13-14H2,1-6H3,(H2,29,30);1H. The van der Waals surface area contributed by atoms with Crippen molar-refractivity contribution in [1.29, 1.82) is 0 Å². The van der Waals surface area contributed by atoms with Crippen LogP contribution in [0.15, 0.2) is 58.9 Å². The van der Waals surface area contributed by atoms with Gasteiger partial charge in [0, 0.05) is 17.5 Å². The molecule has 0 aliphatic rings. The highest BCUT2D eigenvalue weighted by Crippen LogP contribution is 2.40. The van der Waals surface area contributed by atoms with Gasteiger partial charge in [-0.3, -0.25) is 0 Å². The quantitative estimate of drug-likeness (QED) is 0.212. The van der Waals surface area contributed by atoms with E-state index in [1.807, 2.05) is 83.3 Å². The molecule has 0 aliphatic carbocycles. The molecule has 35 heavy (non-hydrogen) atoms. The first kappa shape index (κ1) is 28.4. The number of nitrogens with two attached hydrogens (primary N) is 1. The highest BCUT2D eigenvalue weighted by molar-refractivity contribution is 7.12. The van der Waals surface area contributed by atoms with E-state index < -0.39 is 5.97 Å². The Morgan fingerprint density at radius 2 is 1.60 bits per heavy atom. The van der Waals surface area contributed by atoms with E-state index in [1.165, 1.54) is 11.3 Å². The number of thiophene rings is 1. The topological polar surface area (TPSA) is 84.9 Å². The molecule has 3 rings (SSSR count). The third-order valence-electron chi connectivity index (χ3n) is 5.57. The summed E-state index contributed by atoms with van der Waals surface area (Å²) in [5.74, 6) is 0.301. The zero-order valence-electron chi connectivity index (χ0n) is 21.2. The number of hydrogen-bond donors (Lipinski definition) is 2. The van der Waals surface area contributed by atoms with Crippen molar-refractivity contribution in [2.24, 2.45) is 10.7 Å². The summed E-state index contributed by atoms with van der Waals surface area (Å²) in [5, 5.41) is 12.8. The molecular formula is C28H35ClN2O3S. The molecular weight excluding hydrogens is 480 g/mol. The molecule has 1 aromatic heterocycles. The van der Waals surface area contributed by atoms with Crippen LogP contribution in [0.3, 0.4) is 0 Å². The summed E-state index contributed by atoms with van der Waals surface area (Å²) < 4.78 is 5.64. The number of carbonyl (C=O) groups excluding carboxylic acids is 1. The van der Waals surface area contributed by atoms with Crippen LogP contribution in [-0.4, -0.2) is 23.5 Å². The molecule has 0 unspecified atom stereocenters. The van der Waals surface area contributed by atoms with Gasteiger partial charge in [0.15, 0.2) is 0 Å². The first-order valence-corrected chi connectivity index (χ1v) is 12.3. The number of esters is 1. The van der Waals surface area contributed by atoms with E-state index in [0.717, 1.165) is 27.3 Å². The molecule has 188 valence electrons. The van der Waals surface area contributed by atoms with Crippen LogP contribution >= 0.6 is 23.7 Å². The molecule has 0 saturated heterocycles. The average Bonchev–Trinajstić information content (AvgIpc) is 3.28. The number of amidine groups is 1. The zero-order valence-corrected chi connectivity index (χ0v) is 22.8. The Morgan fingerprint density at radius 3 is 2.14 bits per heavy atom. The molecule has 0 bridgehead atoms. The molecule has 0 aliphatic heterocycles. The molecule has 0 amide bonds. The van der Waals surface area contributed by atoms with Gasteiger partial charge in [-0.05, 0) is 46.0 Å². The van der Waals surface area contributed by atoms with Crippen molar-refractivity contribution >= 4 is 41.2 Å². The Balaban J connectivity index is 0.00000432. The summed E-state index contributed by atoms with van der Waals surface area (Å²) in [6.07, 6.45) is 0.513. The monoisotopic (exact) mass is 514 g/mol. The minimum absolute atomic E-state index is 0. The van der Waals surface area contributed by atoms with Gasteiger partial charge in [-0.25, -0.2) is 9.79 Å². The number of rotatable bonds is 6. The Kier molecular flexibility index (Phi) is 9.15. The van der Waals surface area contributed by atoms with E-state index in [9.17, 15) is 9.90 Å². The number of hydrogen-bond acceptors (Lipinski definition) is 5. The maximum absolute atomic E-state index is 13.0. The third kappa shape index (κ3) is 7.09. The smallest absolute Gasteiger partial charge is 0.338 e. The second kappa shape index (κ2) is 11.3. The van der Waals surface area contributed by atoms with Crippen molar-refractivity contribution in [3.8, 4) is 5.75 Å². The number of carbonyl (C=O) groups is 1. The van der Waals surface area contributed by atoms with Crippen molar-refractivity contribution in [3.05, 3.63) is 81.0 Å². The normalized spacial score (nSPS) is 12.2. The fraction of sp³-hybridized carbons (Fsp3) is 0.357. The lowest BCUT2D eigenvalue weighted by atomic mass is 9.78. The Labute approximate surface area is 218 Å². The average molecular weight is 515 g/mol. The van der Waals surface area contributed by atoms with E-state index in [4.69, 9.17) is 10.5 Å². The lowest BCUT2D eigenvalue weighted by molar-refractivity contribution is 0.0509. The van der Waals surface area contributed by atoms with Gasteiger partial charge in [-0.15, -0.1) is 23.7 Å². The zero-order chi connectivity index (χ0) is 25.1. The van der Waals surface area contributed by atoms with Crippen LogP contribution in [0.25, 0.3) is 0 Å². The van der Waals surface area contributed by atoms with Gasteiger partial charge in [-0.1, -0.05) is 65.8 Å². The highest BCUT2D eigenvalue weighted by atomic mass is 35.5. The number of nitrogens with zero attached hydrogens (tertiary/aromatic N) is 1. The minimum Gasteiger partial charge on any atom is -0.507 e. The number of aliphatic imine (C=N–C) groups is 1. The minimum atomic E-state index is -0.407. The molecule has 0 spiro atoms. The number of phenolic OH excluding ortho intramolecular Hbond substituents is 1. The van der Waals surface area contributed by atoms with Gasteiger partial charge in [0.1, 0.15) is 11.6 Å². The number of halogens is 1. The summed E-state index contributed by atoms with van der Waals surface area (Å²) >= 11 is 1.54. The van der Waals surface area contributed by atoms with Crippen LogP contribution in [-0.2, 0) is 22.0 Å². The highest BCUT2D eigenvalue weighted by Gasteiger charge is 2.28. The largest absolute Gasteiger partial charge is 0.507 e. The SMILES string of the molecule is CC(C)(C)c1cc(C(=O)OCCc2ccccc2N=C(N)c2cccs2)cc(C(C)(C)C)c1O.Cl. The third-order valence-corrected chi connectivity index (χ3v) is 6.46. The first-order chi connectivity index (χ1) is 15.9. The summed E-state index contributed by atoms with van der Waals surface area (Å²) in [6.45, 7) is 12.3. The van der Waals surface area contributed by atoms with Crippen molar-refractivity contribution in [3.63, 3.8) is 0 Å². The van der Waals surface area contributed by atoms with Crippen LogP contribution in [0, 0.1) is 0 Å².